The lowest BCUT2D eigenvalue weighted by Crippen LogP contribution is -2.15. The van der Waals surface area contributed by atoms with E-state index in [1.54, 1.807) is 13.8 Å². The maximum atomic E-state index is 12.7. The fourth-order valence-corrected chi connectivity index (χ4v) is 1.70. The lowest BCUT2D eigenvalue weighted by molar-refractivity contribution is -0.141. The summed E-state index contributed by atoms with van der Waals surface area (Å²) in [5, 5.41) is 4.03. The molecule has 19 heavy (non-hydrogen) atoms. The van der Waals surface area contributed by atoms with Gasteiger partial charge in [0.1, 0.15) is 17.3 Å². The van der Waals surface area contributed by atoms with Crippen LogP contribution in [0.1, 0.15) is 22.9 Å². The molecule has 0 saturated heterocycles. The second kappa shape index (κ2) is 4.61. The third kappa shape index (κ3) is 2.58. The first-order valence-electron chi connectivity index (χ1n) is 5.50. The molecule has 2 N–H and O–H groups in total. The first-order chi connectivity index (χ1) is 8.82. The van der Waals surface area contributed by atoms with Gasteiger partial charge in [0, 0.05) is 12.1 Å². The van der Waals surface area contributed by atoms with Crippen LogP contribution in [0.5, 0.6) is 0 Å². The van der Waals surface area contributed by atoms with E-state index in [0.29, 0.717) is 17.2 Å². The normalized spacial score (nSPS) is 11.9. The van der Waals surface area contributed by atoms with Gasteiger partial charge < -0.3 is 5.73 Å². The van der Waals surface area contributed by atoms with Gasteiger partial charge in [0.15, 0.2) is 5.82 Å². The van der Waals surface area contributed by atoms with E-state index in [4.69, 9.17) is 5.73 Å². The number of nitrogens with two attached hydrogens (primary N) is 1. The minimum Gasteiger partial charge on any atom is -0.326 e. The molecule has 0 aromatic carbocycles. The Kier molecular flexibility index (Phi) is 3.27. The maximum absolute atomic E-state index is 12.7. The largest absolute Gasteiger partial charge is 0.433 e. The number of nitrogens with zero attached hydrogens (tertiary/aromatic N) is 4. The second-order valence-corrected chi connectivity index (χ2v) is 4.00. The van der Waals surface area contributed by atoms with Crippen molar-refractivity contribution in [3.05, 3.63) is 35.0 Å². The highest BCUT2D eigenvalue weighted by atomic mass is 19.4. The summed E-state index contributed by atoms with van der Waals surface area (Å²) in [5.74, 6) is 0.981. The van der Waals surface area contributed by atoms with Crippen molar-refractivity contribution in [1.82, 2.24) is 19.7 Å². The van der Waals surface area contributed by atoms with Gasteiger partial charge in [-0.25, -0.2) is 9.97 Å². The quantitative estimate of drug-likeness (QED) is 0.903. The summed E-state index contributed by atoms with van der Waals surface area (Å²) in [7, 11) is 0. The van der Waals surface area contributed by atoms with Crippen molar-refractivity contribution in [3.8, 4) is 5.82 Å². The molecule has 5 nitrogen and oxygen atoms in total. The van der Waals surface area contributed by atoms with Crippen LogP contribution in [0.3, 0.4) is 0 Å². The number of pyridine rings is 1. The Balaban J connectivity index is 2.63. The van der Waals surface area contributed by atoms with Crippen molar-refractivity contribution in [1.29, 1.82) is 0 Å². The van der Waals surface area contributed by atoms with E-state index in [1.807, 2.05) is 0 Å². The molecule has 0 saturated carbocycles. The summed E-state index contributed by atoms with van der Waals surface area (Å²) in [6, 6.07) is 2.21. The lowest BCUT2D eigenvalue weighted by atomic mass is 10.2. The van der Waals surface area contributed by atoms with Gasteiger partial charge in [-0.15, -0.1) is 5.10 Å². The molecule has 0 aliphatic rings. The molecule has 102 valence electrons. The van der Waals surface area contributed by atoms with Crippen molar-refractivity contribution in [2.75, 3.05) is 0 Å². The third-order valence-electron chi connectivity index (χ3n) is 2.54. The predicted molar refractivity (Wildman–Crippen MR) is 61.5 cm³/mol. The van der Waals surface area contributed by atoms with E-state index in [1.165, 1.54) is 10.7 Å². The Labute approximate surface area is 107 Å². The van der Waals surface area contributed by atoms with Crippen LogP contribution >= 0.6 is 0 Å². The van der Waals surface area contributed by atoms with Gasteiger partial charge in [-0.05, 0) is 19.9 Å². The molecule has 0 unspecified atom stereocenters. The number of aromatic nitrogens is 4. The van der Waals surface area contributed by atoms with Crippen molar-refractivity contribution in [2.45, 2.75) is 26.6 Å². The van der Waals surface area contributed by atoms with Crippen molar-refractivity contribution in [3.63, 3.8) is 0 Å². The van der Waals surface area contributed by atoms with Crippen LogP contribution in [-0.2, 0) is 12.7 Å². The average molecular weight is 271 g/mol. The first kappa shape index (κ1) is 13.5. The number of hydrogen-bond acceptors (Lipinski definition) is 4. The molecule has 0 bridgehead atoms. The van der Waals surface area contributed by atoms with Crippen LogP contribution in [0.25, 0.3) is 5.82 Å². The van der Waals surface area contributed by atoms with E-state index < -0.39 is 11.9 Å². The van der Waals surface area contributed by atoms with Gasteiger partial charge in [-0.3, -0.25) is 0 Å². The highest BCUT2D eigenvalue weighted by molar-refractivity contribution is 5.36. The minimum absolute atomic E-state index is 0.0652. The molecule has 2 rings (SSSR count). The van der Waals surface area contributed by atoms with Crippen molar-refractivity contribution < 1.29 is 13.2 Å². The summed E-state index contributed by atoms with van der Waals surface area (Å²) >= 11 is 0. The molecule has 0 atom stereocenters. The van der Waals surface area contributed by atoms with Gasteiger partial charge in [-0.1, -0.05) is 6.07 Å². The molecule has 0 amide bonds. The standard InChI is InChI=1S/C11H12F3N5/c1-6-16-7(2)19(18-6)10-8(5-15)3-4-9(17-10)11(12,13)14/h3-4H,5,15H2,1-2H3. The molecule has 2 aromatic heterocycles. The molecule has 0 aliphatic carbocycles. The summed E-state index contributed by atoms with van der Waals surface area (Å²) in [6.45, 7) is 3.36. The molecule has 2 aromatic rings. The molecule has 2 heterocycles. The molecule has 8 heteroatoms. The topological polar surface area (TPSA) is 69.6 Å². The fraction of sp³-hybridized carbons (Fsp3) is 0.364. The summed E-state index contributed by atoms with van der Waals surface area (Å²) < 4.78 is 39.3. The second-order valence-electron chi connectivity index (χ2n) is 4.00. The summed E-state index contributed by atoms with van der Waals surface area (Å²) in [5.41, 5.74) is 5.01. The van der Waals surface area contributed by atoms with E-state index >= 15 is 0 Å². The smallest absolute Gasteiger partial charge is 0.326 e. The number of alkyl halides is 3. The highest BCUT2D eigenvalue weighted by Crippen LogP contribution is 2.29. The SMILES string of the molecule is Cc1nc(C)n(-c2nc(C(F)(F)F)ccc2CN)n1. The highest BCUT2D eigenvalue weighted by Gasteiger charge is 2.33. The van der Waals surface area contributed by atoms with E-state index in [9.17, 15) is 13.2 Å². The Morgan fingerprint density at radius 2 is 1.89 bits per heavy atom. The van der Waals surface area contributed by atoms with E-state index in [-0.39, 0.29) is 12.4 Å². The maximum Gasteiger partial charge on any atom is 0.433 e. The summed E-state index contributed by atoms with van der Waals surface area (Å²) in [6.07, 6.45) is -4.51. The summed E-state index contributed by atoms with van der Waals surface area (Å²) in [4.78, 5) is 7.66. The average Bonchev–Trinajstić information content (AvgIpc) is 2.66. The van der Waals surface area contributed by atoms with Crippen LogP contribution in [0.15, 0.2) is 12.1 Å². The zero-order valence-electron chi connectivity index (χ0n) is 10.4. The van der Waals surface area contributed by atoms with Crippen LogP contribution < -0.4 is 5.73 Å². The zero-order chi connectivity index (χ0) is 14.2. The van der Waals surface area contributed by atoms with Gasteiger partial charge in [0.05, 0.1) is 0 Å². The number of hydrogen-bond donors (Lipinski definition) is 1. The van der Waals surface area contributed by atoms with Crippen LogP contribution in [0, 0.1) is 13.8 Å². The number of rotatable bonds is 2. The van der Waals surface area contributed by atoms with Gasteiger partial charge in [0.25, 0.3) is 0 Å². The van der Waals surface area contributed by atoms with E-state index in [0.717, 1.165) is 6.07 Å². The van der Waals surface area contributed by atoms with Crippen LogP contribution in [0.4, 0.5) is 13.2 Å². The number of aryl methyl sites for hydroxylation is 2. The van der Waals surface area contributed by atoms with Crippen molar-refractivity contribution in [2.24, 2.45) is 5.73 Å². The minimum atomic E-state index is -4.51. The van der Waals surface area contributed by atoms with Gasteiger partial charge in [0.2, 0.25) is 0 Å². The monoisotopic (exact) mass is 271 g/mol. The lowest BCUT2D eigenvalue weighted by Gasteiger charge is -2.11. The Hall–Kier alpha value is -1.96. The molecular weight excluding hydrogens is 259 g/mol. The molecule has 0 radical (unpaired) electrons. The van der Waals surface area contributed by atoms with Crippen LogP contribution in [0.2, 0.25) is 0 Å². The Morgan fingerprint density at radius 3 is 2.37 bits per heavy atom. The molecular formula is C11H12F3N5. The van der Waals surface area contributed by atoms with Gasteiger partial charge >= 0.3 is 6.18 Å². The third-order valence-corrected chi connectivity index (χ3v) is 2.54. The van der Waals surface area contributed by atoms with Gasteiger partial charge in [-0.2, -0.15) is 17.9 Å². The molecule has 0 fully saturated rings. The fourth-order valence-electron chi connectivity index (χ4n) is 1.70. The molecule has 0 spiro atoms. The predicted octanol–water partition coefficient (Wildman–Crippen LogP) is 1.76. The van der Waals surface area contributed by atoms with E-state index in [2.05, 4.69) is 15.1 Å². The first-order valence-corrected chi connectivity index (χ1v) is 5.50. The van der Waals surface area contributed by atoms with Crippen LogP contribution in [-0.4, -0.2) is 19.7 Å². The Morgan fingerprint density at radius 1 is 1.21 bits per heavy atom. The zero-order valence-corrected chi connectivity index (χ0v) is 10.4. The Bertz CT molecular complexity index is 603. The molecule has 0 aliphatic heterocycles. The number of halogens is 3. The van der Waals surface area contributed by atoms with Crippen molar-refractivity contribution >= 4 is 0 Å².